The number of para-hydroxylation sites is 1. The standard InChI is InChI=1S/C10H8Cl2FNO/c11-10(12)5-6(10)9(15)14-8-4-2-1-3-7(8)13/h1-4,6H,5H2,(H,14,15). The molecule has 1 saturated carbocycles. The van der Waals surface area contributed by atoms with Crippen molar-refractivity contribution in [2.24, 2.45) is 5.92 Å². The fourth-order valence-electron chi connectivity index (χ4n) is 1.28. The number of hydrogen-bond acceptors (Lipinski definition) is 1. The van der Waals surface area contributed by atoms with E-state index in [1.807, 2.05) is 0 Å². The first-order valence-electron chi connectivity index (χ1n) is 4.44. The Morgan fingerprint density at radius 2 is 2.07 bits per heavy atom. The molecule has 1 aromatic carbocycles. The first-order valence-corrected chi connectivity index (χ1v) is 5.19. The maximum atomic E-state index is 13.1. The molecule has 0 spiro atoms. The van der Waals surface area contributed by atoms with Gasteiger partial charge in [0.15, 0.2) is 0 Å². The van der Waals surface area contributed by atoms with Gasteiger partial charge in [0.2, 0.25) is 5.91 Å². The lowest BCUT2D eigenvalue weighted by Gasteiger charge is -2.05. The summed E-state index contributed by atoms with van der Waals surface area (Å²) in [7, 11) is 0. The molecule has 1 N–H and O–H groups in total. The van der Waals surface area contributed by atoms with Crippen LogP contribution in [0.1, 0.15) is 6.42 Å². The van der Waals surface area contributed by atoms with E-state index in [9.17, 15) is 9.18 Å². The second-order valence-electron chi connectivity index (χ2n) is 3.49. The molecule has 0 saturated heterocycles. The van der Waals surface area contributed by atoms with Crippen molar-refractivity contribution in [3.63, 3.8) is 0 Å². The molecule has 0 aliphatic heterocycles. The third-order valence-corrected chi connectivity index (χ3v) is 3.11. The summed E-state index contributed by atoms with van der Waals surface area (Å²) in [5.41, 5.74) is 0.151. The molecule has 0 bridgehead atoms. The van der Waals surface area contributed by atoms with Gasteiger partial charge in [-0.1, -0.05) is 12.1 Å². The average molecular weight is 248 g/mol. The lowest BCUT2D eigenvalue weighted by Crippen LogP contribution is -2.17. The Balaban J connectivity index is 2.05. The van der Waals surface area contributed by atoms with Crippen LogP contribution >= 0.6 is 23.2 Å². The molecule has 2 rings (SSSR count). The number of rotatable bonds is 2. The predicted molar refractivity (Wildman–Crippen MR) is 57.6 cm³/mol. The number of nitrogens with one attached hydrogen (secondary N) is 1. The van der Waals surface area contributed by atoms with Crippen LogP contribution in [0, 0.1) is 11.7 Å². The molecule has 1 amide bonds. The molecule has 15 heavy (non-hydrogen) atoms. The van der Waals surface area contributed by atoms with Gasteiger partial charge in [-0.3, -0.25) is 4.79 Å². The smallest absolute Gasteiger partial charge is 0.230 e. The van der Waals surface area contributed by atoms with Crippen LogP contribution in [0.3, 0.4) is 0 Å². The van der Waals surface area contributed by atoms with Gasteiger partial charge in [0, 0.05) is 0 Å². The Labute approximate surface area is 96.4 Å². The van der Waals surface area contributed by atoms with Gasteiger partial charge in [-0.05, 0) is 18.6 Å². The summed E-state index contributed by atoms with van der Waals surface area (Å²) in [5.74, 6) is -1.26. The summed E-state index contributed by atoms with van der Waals surface area (Å²) in [6.07, 6.45) is 0.413. The maximum absolute atomic E-state index is 13.1. The van der Waals surface area contributed by atoms with Gasteiger partial charge < -0.3 is 5.32 Å². The van der Waals surface area contributed by atoms with E-state index in [0.29, 0.717) is 6.42 Å². The Bertz CT molecular complexity index is 408. The highest BCUT2D eigenvalue weighted by Crippen LogP contribution is 2.53. The molecule has 1 unspecified atom stereocenters. The van der Waals surface area contributed by atoms with E-state index in [1.54, 1.807) is 12.1 Å². The van der Waals surface area contributed by atoms with Crippen LogP contribution in [0.4, 0.5) is 10.1 Å². The van der Waals surface area contributed by atoms with Crippen LogP contribution in [0.15, 0.2) is 24.3 Å². The third-order valence-electron chi connectivity index (χ3n) is 2.27. The summed E-state index contributed by atoms with van der Waals surface area (Å²) >= 11 is 11.4. The number of benzene rings is 1. The molecule has 1 fully saturated rings. The first kappa shape index (κ1) is 10.7. The van der Waals surface area contributed by atoms with Gasteiger partial charge in [-0.15, -0.1) is 23.2 Å². The minimum Gasteiger partial charge on any atom is -0.323 e. The van der Waals surface area contributed by atoms with Crippen LogP contribution in [0.2, 0.25) is 0 Å². The molecule has 0 radical (unpaired) electrons. The summed E-state index contributed by atoms with van der Waals surface area (Å²) in [6, 6.07) is 5.95. The zero-order valence-corrected chi connectivity index (χ0v) is 9.15. The molecule has 0 heterocycles. The van der Waals surface area contributed by atoms with E-state index in [4.69, 9.17) is 23.2 Å². The van der Waals surface area contributed by atoms with Crippen molar-refractivity contribution >= 4 is 34.8 Å². The lowest BCUT2D eigenvalue weighted by atomic mass is 10.3. The number of carbonyl (C=O) groups excluding carboxylic acids is 1. The first-order chi connectivity index (χ1) is 7.00. The molecule has 1 atom stereocenters. The highest BCUT2D eigenvalue weighted by molar-refractivity contribution is 6.52. The number of anilines is 1. The number of halogens is 3. The number of hydrogen-bond donors (Lipinski definition) is 1. The van der Waals surface area contributed by atoms with Crippen molar-refractivity contribution in [1.29, 1.82) is 0 Å². The second-order valence-corrected chi connectivity index (χ2v) is 5.03. The molecule has 1 aromatic rings. The van der Waals surface area contributed by atoms with E-state index in [-0.39, 0.29) is 11.6 Å². The Hall–Kier alpha value is -0.800. The molecule has 1 aliphatic carbocycles. The largest absolute Gasteiger partial charge is 0.323 e. The van der Waals surface area contributed by atoms with E-state index in [0.717, 1.165) is 0 Å². The van der Waals surface area contributed by atoms with Gasteiger partial charge in [0.25, 0.3) is 0 Å². The minimum atomic E-state index is -0.977. The third kappa shape index (κ3) is 2.24. The van der Waals surface area contributed by atoms with Crippen molar-refractivity contribution in [1.82, 2.24) is 0 Å². The zero-order chi connectivity index (χ0) is 11.1. The van der Waals surface area contributed by atoms with Crippen molar-refractivity contribution in [2.75, 3.05) is 5.32 Å². The van der Waals surface area contributed by atoms with Crippen LogP contribution in [-0.4, -0.2) is 10.2 Å². The van der Waals surface area contributed by atoms with E-state index < -0.39 is 16.1 Å². The summed E-state index contributed by atoms with van der Waals surface area (Å²) in [5, 5.41) is 2.44. The quantitative estimate of drug-likeness (QED) is 0.801. The van der Waals surface area contributed by atoms with E-state index in [2.05, 4.69) is 5.32 Å². The van der Waals surface area contributed by atoms with Crippen molar-refractivity contribution < 1.29 is 9.18 Å². The van der Waals surface area contributed by atoms with Gasteiger partial charge in [0.1, 0.15) is 10.2 Å². The van der Waals surface area contributed by atoms with Gasteiger partial charge in [-0.2, -0.15) is 0 Å². The fourth-order valence-corrected chi connectivity index (χ4v) is 1.79. The van der Waals surface area contributed by atoms with E-state index in [1.165, 1.54) is 12.1 Å². The number of amides is 1. The zero-order valence-electron chi connectivity index (χ0n) is 7.64. The van der Waals surface area contributed by atoms with Crippen molar-refractivity contribution in [2.45, 2.75) is 10.8 Å². The van der Waals surface area contributed by atoms with Gasteiger partial charge >= 0.3 is 0 Å². The SMILES string of the molecule is O=C(Nc1ccccc1F)C1CC1(Cl)Cl. The predicted octanol–water partition coefficient (Wildman–Crippen LogP) is 2.96. The Morgan fingerprint density at radius 1 is 1.47 bits per heavy atom. The second kappa shape index (κ2) is 3.65. The highest BCUT2D eigenvalue weighted by Gasteiger charge is 2.56. The van der Waals surface area contributed by atoms with E-state index >= 15 is 0 Å². The molecule has 80 valence electrons. The summed E-state index contributed by atoms with van der Waals surface area (Å²) < 4.78 is 12.2. The molecular formula is C10H8Cl2FNO. The fraction of sp³-hybridized carbons (Fsp3) is 0.300. The Morgan fingerprint density at radius 3 is 2.60 bits per heavy atom. The summed E-state index contributed by atoms with van der Waals surface area (Å²) in [4.78, 5) is 11.5. The van der Waals surface area contributed by atoms with Crippen LogP contribution in [0.25, 0.3) is 0 Å². The highest BCUT2D eigenvalue weighted by atomic mass is 35.5. The van der Waals surface area contributed by atoms with Gasteiger partial charge in [-0.25, -0.2) is 4.39 Å². The molecule has 1 aliphatic rings. The molecule has 0 aromatic heterocycles. The number of carbonyl (C=O) groups is 1. The summed E-state index contributed by atoms with van der Waals surface area (Å²) in [6.45, 7) is 0. The number of alkyl halides is 2. The minimum absolute atomic E-state index is 0.151. The maximum Gasteiger partial charge on any atom is 0.230 e. The van der Waals surface area contributed by atoms with Crippen LogP contribution in [0.5, 0.6) is 0 Å². The molecular weight excluding hydrogens is 240 g/mol. The monoisotopic (exact) mass is 247 g/mol. The average Bonchev–Trinajstić information content (AvgIpc) is 2.79. The normalized spacial score (nSPS) is 22.2. The molecule has 2 nitrogen and oxygen atoms in total. The Kier molecular flexibility index (Phi) is 2.61. The van der Waals surface area contributed by atoms with Crippen LogP contribution in [-0.2, 0) is 4.79 Å². The molecule has 5 heteroatoms. The van der Waals surface area contributed by atoms with Crippen LogP contribution < -0.4 is 5.32 Å². The topological polar surface area (TPSA) is 29.1 Å². The van der Waals surface area contributed by atoms with Gasteiger partial charge in [0.05, 0.1) is 11.6 Å². The van der Waals surface area contributed by atoms with Crippen molar-refractivity contribution in [3.05, 3.63) is 30.1 Å². The lowest BCUT2D eigenvalue weighted by molar-refractivity contribution is -0.117. The van der Waals surface area contributed by atoms with Crippen molar-refractivity contribution in [3.8, 4) is 0 Å².